The zero-order valence-electron chi connectivity index (χ0n) is 11.4. The van der Waals surface area contributed by atoms with Crippen molar-refractivity contribution in [1.29, 1.82) is 0 Å². The van der Waals surface area contributed by atoms with Crippen LogP contribution in [0, 0.1) is 12.7 Å². The van der Waals surface area contributed by atoms with Crippen LogP contribution >= 0.6 is 0 Å². The highest BCUT2D eigenvalue weighted by molar-refractivity contribution is 5.65. The van der Waals surface area contributed by atoms with Crippen molar-refractivity contribution < 1.29 is 17.6 Å². The van der Waals surface area contributed by atoms with Gasteiger partial charge in [0.25, 0.3) is 0 Å². The van der Waals surface area contributed by atoms with Gasteiger partial charge in [0.05, 0.1) is 5.69 Å². The fourth-order valence-corrected chi connectivity index (χ4v) is 1.84. The van der Waals surface area contributed by atoms with Crippen molar-refractivity contribution in [1.82, 2.24) is 9.97 Å². The van der Waals surface area contributed by atoms with Crippen LogP contribution in [0.2, 0.25) is 0 Å². The molecule has 21 heavy (non-hydrogen) atoms. The van der Waals surface area contributed by atoms with E-state index in [9.17, 15) is 17.6 Å². The number of nitrogens with zero attached hydrogens (tertiary/aromatic N) is 2. The Balaban J connectivity index is 2.62. The van der Waals surface area contributed by atoms with Gasteiger partial charge in [0.1, 0.15) is 5.82 Å². The predicted octanol–water partition coefficient (Wildman–Crippen LogP) is 4.04. The Kier molecular flexibility index (Phi) is 4.11. The van der Waals surface area contributed by atoms with Gasteiger partial charge in [0.2, 0.25) is 5.95 Å². The molecule has 3 nitrogen and oxygen atoms in total. The number of nitrogens with one attached hydrogen (secondary N) is 1. The Labute approximate surface area is 119 Å². The van der Waals surface area contributed by atoms with Crippen molar-refractivity contribution >= 4 is 5.95 Å². The molecular formula is C14H13F4N3. The number of aryl methyl sites for hydroxylation is 1. The van der Waals surface area contributed by atoms with E-state index >= 15 is 0 Å². The molecule has 0 bridgehead atoms. The first-order chi connectivity index (χ1) is 9.81. The van der Waals surface area contributed by atoms with Gasteiger partial charge >= 0.3 is 6.18 Å². The molecule has 0 saturated carbocycles. The van der Waals surface area contributed by atoms with Gasteiger partial charge in [-0.2, -0.15) is 13.2 Å². The first-order valence-electron chi connectivity index (χ1n) is 6.28. The summed E-state index contributed by atoms with van der Waals surface area (Å²) in [6.45, 7) is 3.77. The summed E-state index contributed by atoms with van der Waals surface area (Å²) in [5.41, 5.74) is -0.0925. The lowest BCUT2D eigenvalue weighted by atomic mass is 10.0. The molecule has 1 heterocycles. The normalized spacial score (nSPS) is 11.5. The van der Waals surface area contributed by atoms with Crippen molar-refractivity contribution in [3.05, 3.63) is 41.3 Å². The molecule has 0 fully saturated rings. The second kappa shape index (κ2) is 5.67. The van der Waals surface area contributed by atoms with E-state index < -0.39 is 17.7 Å². The van der Waals surface area contributed by atoms with Crippen LogP contribution in [0.5, 0.6) is 0 Å². The zero-order chi connectivity index (χ0) is 15.6. The first-order valence-corrected chi connectivity index (χ1v) is 6.28. The smallest absolute Gasteiger partial charge is 0.354 e. The largest absolute Gasteiger partial charge is 0.433 e. The molecule has 0 radical (unpaired) electrons. The van der Waals surface area contributed by atoms with Crippen LogP contribution in [0.25, 0.3) is 11.3 Å². The number of alkyl halides is 3. The molecule has 112 valence electrons. The molecule has 0 saturated heterocycles. The minimum atomic E-state index is -4.59. The van der Waals surface area contributed by atoms with Gasteiger partial charge in [-0.3, -0.25) is 0 Å². The lowest BCUT2D eigenvalue weighted by Gasteiger charge is -2.12. The maximum Gasteiger partial charge on any atom is 0.433 e. The van der Waals surface area contributed by atoms with E-state index in [0.29, 0.717) is 17.7 Å². The van der Waals surface area contributed by atoms with Crippen LogP contribution in [-0.4, -0.2) is 16.5 Å². The molecule has 0 spiro atoms. The molecule has 1 N–H and O–H groups in total. The van der Waals surface area contributed by atoms with Gasteiger partial charge in [-0.05, 0) is 37.6 Å². The Bertz CT molecular complexity index is 653. The van der Waals surface area contributed by atoms with E-state index in [1.165, 1.54) is 12.1 Å². The van der Waals surface area contributed by atoms with E-state index in [1.54, 1.807) is 13.8 Å². The third kappa shape index (κ3) is 3.48. The molecular weight excluding hydrogens is 286 g/mol. The molecule has 0 unspecified atom stereocenters. The molecule has 0 aliphatic rings. The molecule has 0 amide bonds. The average Bonchev–Trinajstić information content (AvgIpc) is 2.40. The van der Waals surface area contributed by atoms with Gasteiger partial charge in [-0.25, -0.2) is 14.4 Å². The fourth-order valence-electron chi connectivity index (χ4n) is 1.84. The van der Waals surface area contributed by atoms with Crippen LogP contribution in [0.4, 0.5) is 23.5 Å². The maximum absolute atomic E-state index is 13.3. The van der Waals surface area contributed by atoms with Crippen molar-refractivity contribution in [3.63, 3.8) is 0 Å². The highest BCUT2D eigenvalue weighted by Crippen LogP contribution is 2.32. The number of hydrogen-bond acceptors (Lipinski definition) is 3. The second-order valence-corrected chi connectivity index (χ2v) is 4.45. The molecule has 0 aliphatic carbocycles. The molecule has 1 aromatic carbocycles. The summed E-state index contributed by atoms with van der Waals surface area (Å²) in [5, 5.41) is 2.65. The summed E-state index contributed by atoms with van der Waals surface area (Å²) in [7, 11) is 0. The quantitative estimate of drug-likeness (QED) is 0.869. The molecule has 2 aromatic rings. The summed E-state index contributed by atoms with van der Waals surface area (Å²) in [4.78, 5) is 7.45. The Hall–Kier alpha value is -2.18. The van der Waals surface area contributed by atoms with E-state index in [-0.39, 0.29) is 11.6 Å². The van der Waals surface area contributed by atoms with E-state index in [0.717, 1.165) is 12.1 Å². The summed E-state index contributed by atoms with van der Waals surface area (Å²) in [6, 6.07) is 4.72. The van der Waals surface area contributed by atoms with Gasteiger partial charge in [-0.1, -0.05) is 6.07 Å². The maximum atomic E-state index is 13.3. The summed E-state index contributed by atoms with van der Waals surface area (Å²) in [5.74, 6) is -0.668. The predicted molar refractivity (Wildman–Crippen MR) is 71.3 cm³/mol. The first kappa shape index (κ1) is 15.2. The topological polar surface area (TPSA) is 37.8 Å². The molecule has 0 atom stereocenters. The van der Waals surface area contributed by atoms with Crippen LogP contribution in [0.3, 0.4) is 0 Å². The Morgan fingerprint density at radius 1 is 1.14 bits per heavy atom. The van der Waals surface area contributed by atoms with Crippen LogP contribution < -0.4 is 5.32 Å². The Morgan fingerprint density at radius 3 is 2.48 bits per heavy atom. The highest BCUT2D eigenvalue weighted by Gasteiger charge is 2.34. The lowest BCUT2D eigenvalue weighted by Crippen LogP contribution is -2.12. The molecule has 7 heteroatoms. The minimum Gasteiger partial charge on any atom is -0.354 e. The number of hydrogen-bond donors (Lipinski definition) is 1. The van der Waals surface area contributed by atoms with Crippen LogP contribution in [-0.2, 0) is 6.18 Å². The van der Waals surface area contributed by atoms with Gasteiger partial charge in [0.15, 0.2) is 5.69 Å². The third-order valence-corrected chi connectivity index (χ3v) is 2.83. The summed E-state index contributed by atoms with van der Waals surface area (Å²) >= 11 is 0. The van der Waals surface area contributed by atoms with Crippen molar-refractivity contribution in [3.8, 4) is 11.3 Å². The molecule has 2 rings (SSSR count). The van der Waals surface area contributed by atoms with Crippen LogP contribution in [0.1, 0.15) is 18.2 Å². The monoisotopic (exact) mass is 299 g/mol. The van der Waals surface area contributed by atoms with E-state index in [1.807, 2.05) is 0 Å². The van der Waals surface area contributed by atoms with E-state index in [4.69, 9.17) is 0 Å². The van der Waals surface area contributed by atoms with Crippen LogP contribution in [0.15, 0.2) is 24.3 Å². The fraction of sp³-hybridized carbons (Fsp3) is 0.286. The average molecular weight is 299 g/mol. The van der Waals surface area contributed by atoms with Gasteiger partial charge in [-0.15, -0.1) is 0 Å². The minimum absolute atomic E-state index is 0.0327. The summed E-state index contributed by atoms with van der Waals surface area (Å²) < 4.78 is 52.0. The number of anilines is 1. The lowest BCUT2D eigenvalue weighted by molar-refractivity contribution is -0.141. The standard InChI is InChI=1S/C14H13F4N3/c1-3-19-13-20-11(7-12(21-13)14(16,17)18)10-6-9(15)5-4-8(10)2/h4-7H,3H2,1-2H3,(H,19,20,21). The third-order valence-electron chi connectivity index (χ3n) is 2.83. The molecule has 0 aliphatic heterocycles. The van der Waals surface area contributed by atoms with Crippen molar-refractivity contribution in [2.75, 3.05) is 11.9 Å². The molecule has 1 aromatic heterocycles. The van der Waals surface area contributed by atoms with E-state index in [2.05, 4.69) is 15.3 Å². The van der Waals surface area contributed by atoms with Crippen molar-refractivity contribution in [2.45, 2.75) is 20.0 Å². The number of halogens is 4. The SMILES string of the molecule is CCNc1nc(-c2cc(F)ccc2C)cc(C(F)(F)F)n1. The highest BCUT2D eigenvalue weighted by atomic mass is 19.4. The zero-order valence-corrected chi connectivity index (χ0v) is 11.4. The summed E-state index contributed by atoms with van der Waals surface area (Å²) in [6.07, 6.45) is -4.59. The van der Waals surface area contributed by atoms with Gasteiger partial charge < -0.3 is 5.32 Å². The number of rotatable bonds is 3. The van der Waals surface area contributed by atoms with Gasteiger partial charge in [0, 0.05) is 12.1 Å². The van der Waals surface area contributed by atoms with Crippen molar-refractivity contribution in [2.24, 2.45) is 0 Å². The number of benzene rings is 1. The Morgan fingerprint density at radius 2 is 1.86 bits per heavy atom. The second-order valence-electron chi connectivity index (χ2n) is 4.45. The number of aromatic nitrogens is 2.